The van der Waals surface area contributed by atoms with Crippen LogP contribution < -0.4 is 11.1 Å². The van der Waals surface area contributed by atoms with E-state index >= 15 is 0 Å². The fourth-order valence-electron chi connectivity index (χ4n) is 2.00. The van der Waals surface area contributed by atoms with Gasteiger partial charge in [0.15, 0.2) is 6.10 Å². The lowest BCUT2D eigenvalue weighted by Gasteiger charge is -2.18. The third-order valence-corrected chi connectivity index (χ3v) is 5.36. The number of nitrogens with one attached hydrogen (secondary N) is 1. The molecule has 9 nitrogen and oxygen atoms in total. The number of hydrogen-bond donors (Lipinski definition) is 2. The van der Waals surface area contributed by atoms with Gasteiger partial charge >= 0.3 is 12.0 Å². The van der Waals surface area contributed by atoms with Crippen LogP contribution in [0.1, 0.15) is 31.1 Å². The van der Waals surface area contributed by atoms with E-state index in [1.54, 1.807) is 19.2 Å². The van der Waals surface area contributed by atoms with Gasteiger partial charge in [-0.3, -0.25) is 10.1 Å². The van der Waals surface area contributed by atoms with Gasteiger partial charge in [-0.2, -0.15) is 4.31 Å². The molecule has 25 heavy (non-hydrogen) atoms. The molecule has 0 fully saturated rings. The number of amides is 3. The molecule has 1 aromatic rings. The number of nitrogens with two attached hydrogens (primary N) is 1. The second-order valence-electron chi connectivity index (χ2n) is 5.02. The first kappa shape index (κ1) is 20.6. The Labute approximate surface area is 146 Å². The number of primary amides is 1. The van der Waals surface area contributed by atoms with E-state index in [1.165, 1.54) is 35.5 Å². The standard InChI is InChI=1S/C15H21N3O6S/c1-4-18(5-2)25(22,23)12-8-6-7-11(9-12)14(20)24-10(3)13(19)17-15(16)21/h6-10H,4-5H2,1-3H3,(H3,16,17,19,21)/t10-/m1/s1. The third kappa shape index (κ3) is 5.26. The van der Waals surface area contributed by atoms with Gasteiger partial charge in [-0.15, -0.1) is 0 Å². The van der Waals surface area contributed by atoms with Crippen LogP contribution in [0.3, 0.4) is 0 Å². The number of rotatable bonds is 7. The number of carbonyl (C=O) groups is 3. The molecule has 10 heteroatoms. The second kappa shape index (κ2) is 8.58. The van der Waals surface area contributed by atoms with Crippen LogP contribution in [0.25, 0.3) is 0 Å². The molecule has 0 bridgehead atoms. The minimum absolute atomic E-state index is 0.0352. The summed E-state index contributed by atoms with van der Waals surface area (Å²) in [5.41, 5.74) is 4.78. The molecule has 1 atom stereocenters. The number of carbonyl (C=O) groups excluding carboxylic acids is 3. The number of esters is 1. The van der Waals surface area contributed by atoms with Crippen LogP contribution in [0.4, 0.5) is 4.79 Å². The maximum Gasteiger partial charge on any atom is 0.338 e. The maximum absolute atomic E-state index is 12.5. The van der Waals surface area contributed by atoms with Gasteiger partial charge in [-0.1, -0.05) is 19.9 Å². The highest BCUT2D eigenvalue weighted by molar-refractivity contribution is 7.89. The summed E-state index contributed by atoms with van der Waals surface area (Å²) in [6.07, 6.45) is -1.27. The zero-order valence-corrected chi connectivity index (χ0v) is 15.0. The molecule has 0 saturated carbocycles. The second-order valence-corrected chi connectivity index (χ2v) is 6.96. The van der Waals surface area contributed by atoms with Crippen molar-refractivity contribution in [1.29, 1.82) is 0 Å². The van der Waals surface area contributed by atoms with Gasteiger partial charge in [-0.25, -0.2) is 18.0 Å². The van der Waals surface area contributed by atoms with Crippen molar-refractivity contribution in [3.8, 4) is 0 Å². The Bertz CT molecular complexity index is 758. The summed E-state index contributed by atoms with van der Waals surface area (Å²) in [4.78, 5) is 34.2. The smallest absolute Gasteiger partial charge is 0.338 e. The number of imide groups is 1. The number of sulfonamides is 1. The number of ether oxygens (including phenoxy) is 1. The molecule has 0 aliphatic carbocycles. The lowest BCUT2D eigenvalue weighted by molar-refractivity contribution is -0.127. The average molecular weight is 371 g/mol. The van der Waals surface area contributed by atoms with E-state index in [9.17, 15) is 22.8 Å². The maximum atomic E-state index is 12.5. The summed E-state index contributed by atoms with van der Waals surface area (Å²) in [6.45, 7) is 5.25. The summed E-state index contributed by atoms with van der Waals surface area (Å²) < 4.78 is 31.1. The van der Waals surface area contributed by atoms with Crippen LogP contribution in [-0.2, 0) is 19.6 Å². The number of benzene rings is 1. The zero-order valence-electron chi connectivity index (χ0n) is 14.2. The lowest BCUT2D eigenvalue weighted by Crippen LogP contribution is -2.42. The SMILES string of the molecule is CCN(CC)S(=O)(=O)c1cccc(C(=O)O[C@H](C)C(=O)NC(N)=O)c1. The minimum atomic E-state index is -3.73. The van der Waals surface area contributed by atoms with Crippen molar-refractivity contribution in [3.63, 3.8) is 0 Å². The fraction of sp³-hybridized carbons (Fsp3) is 0.400. The highest BCUT2D eigenvalue weighted by Crippen LogP contribution is 2.17. The van der Waals surface area contributed by atoms with E-state index in [0.717, 1.165) is 0 Å². The molecule has 3 N–H and O–H groups in total. The van der Waals surface area contributed by atoms with Crippen LogP contribution in [0.15, 0.2) is 29.2 Å². The summed E-state index contributed by atoms with van der Waals surface area (Å²) in [6, 6.07) is 4.24. The molecule has 1 rings (SSSR count). The van der Waals surface area contributed by atoms with Crippen LogP contribution in [0.2, 0.25) is 0 Å². The van der Waals surface area contributed by atoms with Crippen LogP contribution in [0, 0.1) is 0 Å². The molecule has 0 aliphatic heterocycles. The van der Waals surface area contributed by atoms with E-state index in [-0.39, 0.29) is 23.5 Å². The van der Waals surface area contributed by atoms with Gasteiger partial charge in [0.25, 0.3) is 5.91 Å². The van der Waals surface area contributed by atoms with Gasteiger partial charge in [0.1, 0.15) is 0 Å². The van der Waals surface area contributed by atoms with Gasteiger partial charge in [0.05, 0.1) is 10.5 Å². The third-order valence-electron chi connectivity index (χ3n) is 3.31. The first-order valence-corrected chi connectivity index (χ1v) is 8.99. The molecule has 138 valence electrons. The van der Waals surface area contributed by atoms with Gasteiger partial charge in [-0.05, 0) is 25.1 Å². The lowest BCUT2D eigenvalue weighted by atomic mass is 10.2. The van der Waals surface area contributed by atoms with E-state index in [1.807, 2.05) is 0 Å². The number of hydrogen-bond acceptors (Lipinski definition) is 6. The van der Waals surface area contributed by atoms with E-state index in [4.69, 9.17) is 10.5 Å². The monoisotopic (exact) mass is 371 g/mol. The molecule has 0 radical (unpaired) electrons. The Hall–Kier alpha value is -2.46. The molecule has 0 spiro atoms. The number of nitrogens with zero attached hydrogens (tertiary/aromatic N) is 1. The van der Waals surface area contributed by atoms with Crippen LogP contribution >= 0.6 is 0 Å². The normalized spacial score (nSPS) is 12.5. The Kier molecular flexibility index (Phi) is 7.07. The summed E-state index contributed by atoms with van der Waals surface area (Å²) in [7, 11) is -3.73. The molecule has 0 unspecified atom stereocenters. The van der Waals surface area contributed by atoms with Crippen molar-refractivity contribution in [3.05, 3.63) is 29.8 Å². The average Bonchev–Trinajstić information content (AvgIpc) is 2.55. The quantitative estimate of drug-likeness (QED) is 0.668. The van der Waals surface area contributed by atoms with Crippen molar-refractivity contribution < 1.29 is 27.5 Å². The van der Waals surface area contributed by atoms with E-state index < -0.39 is 34.0 Å². The van der Waals surface area contributed by atoms with Crippen LogP contribution in [-0.4, -0.2) is 49.8 Å². The van der Waals surface area contributed by atoms with Crippen LogP contribution in [0.5, 0.6) is 0 Å². The summed E-state index contributed by atoms with van der Waals surface area (Å²) in [5, 5.41) is 1.79. The first-order valence-electron chi connectivity index (χ1n) is 7.54. The predicted octanol–water partition coefficient (Wildman–Crippen LogP) is 0.457. The predicted molar refractivity (Wildman–Crippen MR) is 89.2 cm³/mol. The molecule has 1 aromatic carbocycles. The number of urea groups is 1. The van der Waals surface area contributed by atoms with Crippen molar-refractivity contribution in [2.75, 3.05) is 13.1 Å². The van der Waals surface area contributed by atoms with Crippen molar-refractivity contribution in [2.24, 2.45) is 5.73 Å². The molecular weight excluding hydrogens is 350 g/mol. The van der Waals surface area contributed by atoms with Gasteiger partial charge < -0.3 is 10.5 Å². The molecule has 0 aromatic heterocycles. The molecular formula is C15H21N3O6S. The molecule has 0 saturated heterocycles. The summed E-state index contributed by atoms with van der Waals surface area (Å²) >= 11 is 0. The Morgan fingerprint density at radius 1 is 1.24 bits per heavy atom. The van der Waals surface area contributed by atoms with Crippen molar-refractivity contribution in [1.82, 2.24) is 9.62 Å². The Morgan fingerprint density at radius 2 is 1.84 bits per heavy atom. The Balaban J connectivity index is 2.99. The van der Waals surface area contributed by atoms with Crippen molar-refractivity contribution >= 4 is 27.9 Å². The molecule has 0 aliphatic rings. The topological polar surface area (TPSA) is 136 Å². The van der Waals surface area contributed by atoms with Gasteiger partial charge in [0.2, 0.25) is 10.0 Å². The minimum Gasteiger partial charge on any atom is -0.449 e. The van der Waals surface area contributed by atoms with Gasteiger partial charge in [0, 0.05) is 13.1 Å². The highest BCUT2D eigenvalue weighted by Gasteiger charge is 2.24. The van der Waals surface area contributed by atoms with E-state index in [0.29, 0.717) is 0 Å². The molecule has 3 amide bonds. The molecule has 0 heterocycles. The largest absolute Gasteiger partial charge is 0.449 e. The first-order chi connectivity index (χ1) is 11.6. The van der Waals surface area contributed by atoms with E-state index in [2.05, 4.69) is 0 Å². The highest BCUT2D eigenvalue weighted by atomic mass is 32.2. The zero-order chi connectivity index (χ0) is 19.2. The summed E-state index contributed by atoms with van der Waals surface area (Å²) in [5.74, 6) is -1.78. The Morgan fingerprint density at radius 3 is 2.36 bits per heavy atom. The van der Waals surface area contributed by atoms with Crippen molar-refractivity contribution in [2.45, 2.75) is 31.8 Å². The fourth-order valence-corrected chi connectivity index (χ4v) is 3.51.